The summed E-state index contributed by atoms with van der Waals surface area (Å²) in [6.45, 7) is 2.91. The Kier molecular flexibility index (Phi) is 10.4. The minimum absolute atomic E-state index is 0. The van der Waals surface area contributed by atoms with Crippen LogP contribution in [0.5, 0.6) is 0 Å². The van der Waals surface area contributed by atoms with Gasteiger partial charge in [-0.25, -0.2) is 9.36 Å². The lowest BCUT2D eigenvalue weighted by Crippen LogP contribution is -3.00. The van der Waals surface area contributed by atoms with E-state index in [-0.39, 0.29) is 35.2 Å². The highest BCUT2D eigenvalue weighted by molar-refractivity contribution is 5.46. The van der Waals surface area contributed by atoms with Crippen LogP contribution in [0, 0.1) is 6.92 Å². The molecule has 1 N–H and O–H groups in total. The Bertz CT molecular complexity index is 1330. The van der Waals surface area contributed by atoms with E-state index in [1.54, 1.807) is 17.7 Å². The molecular weight excluding hydrogens is 577 g/mol. The van der Waals surface area contributed by atoms with Gasteiger partial charge in [-0.2, -0.15) is 0 Å². The smallest absolute Gasteiger partial charge is 0.328 e. The molecule has 0 aliphatic heterocycles. The average molecular weight is 612 g/mol. The minimum atomic E-state index is -0.711. The number of aromatic nitrogens is 3. The van der Waals surface area contributed by atoms with Gasteiger partial charge in [-0.3, -0.25) is 9.78 Å². The third-order valence-electron chi connectivity index (χ3n) is 6.55. The molecule has 4 aromatic rings. The van der Waals surface area contributed by atoms with Crippen LogP contribution in [0.25, 0.3) is 0 Å². The van der Waals surface area contributed by atoms with Crippen LogP contribution >= 0.6 is 0 Å². The quantitative estimate of drug-likeness (QED) is 0.158. The molecule has 0 saturated heterocycles. The lowest BCUT2D eigenvalue weighted by Gasteiger charge is -2.35. The highest BCUT2D eigenvalue weighted by atomic mass is 127. The number of ether oxygens (including phenoxy) is 1. The maximum Gasteiger partial charge on any atom is 0.328 e. The van der Waals surface area contributed by atoms with E-state index in [0.29, 0.717) is 18.7 Å². The predicted octanol–water partition coefficient (Wildman–Crippen LogP) is 1.24. The van der Waals surface area contributed by atoms with E-state index < -0.39 is 5.60 Å². The Morgan fingerprint density at radius 2 is 1.35 bits per heavy atom. The Hall–Kier alpha value is -3.04. The molecule has 0 fully saturated rings. The van der Waals surface area contributed by atoms with Crippen LogP contribution in [0.15, 0.2) is 101 Å². The Balaban J connectivity index is 0.00000380. The second-order valence-corrected chi connectivity index (χ2v) is 9.19. The molecule has 6 nitrogen and oxygen atoms in total. The van der Waals surface area contributed by atoms with E-state index >= 15 is 0 Å². The van der Waals surface area contributed by atoms with Crippen molar-refractivity contribution < 1.29 is 33.3 Å². The zero-order valence-electron chi connectivity index (χ0n) is 21.4. The van der Waals surface area contributed by atoms with Crippen molar-refractivity contribution in [2.24, 2.45) is 7.05 Å². The van der Waals surface area contributed by atoms with Crippen LogP contribution < -0.4 is 39.8 Å². The number of nitrogens with zero attached hydrogens (tertiary/aromatic N) is 2. The largest absolute Gasteiger partial charge is 1.00 e. The molecule has 0 aliphatic rings. The fourth-order valence-electron chi connectivity index (χ4n) is 4.58. The van der Waals surface area contributed by atoms with Gasteiger partial charge in [0.15, 0.2) is 12.4 Å². The van der Waals surface area contributed by atoms with Crippen LogP contribution in [-0.2, 0) is 23.9 Å². The molecule has 0 saturated carbocycles. The van der Waals surface area contributed by atoms with Gasteiger partial charge in [0.25, 0.3) is 5.56 Å². The fraction of sp³-hybridized carbons (Fsp3) is 0.300. The molecule has 0 amide bonds. The molecule has 2 aromatic carbocycles. The van der Waals surface area contributed by atoms with Gasteiger partial charge in [0.05, 0.1) is 0 Å². The molecule has 0 atom stereocenters. The lowest BCUT2D eigenvalue weighted by atomic mass is 9.80. The molecule has 0 radical (unpaired) electrons. The summed E-state index contributed by atoms with van der Waals surface area (Å²) in [6, 6.07) is 25.0. The number of nitrogens with one attached hydrogen (secondary N) is 1. The molecule has 4 rings (SSSR count). The van der Waals surface area contributed by atoms with Crippen LogP contribution in [0.3, 0.4) is 0 Å². The van der Waals surface area contributed by atoms with Gasteiger partial charge in [0.2, 0.25) is 0 Å². The predicted molar refractivity (Wildman–Crippen MR) is 141 cm³/mol. The molecule has 2 heterocycles. The van der Waals surface area contributed by atoms with Crippen molar-refractivity contribution in [2.75, 3.05) is 6.61 Å². The minimum Gasteiger partial charge on any atom is -1.00 e. The van der Waals surface area contributed by atoms with Crippen LogP contribution in [0.2, 0.25) is 0 Å². The summed E-state index contributed by atoms with van der Waals surface area (Å²) in [5, 5.41) is 0. The number of aromatic amines is 1. The maximum atomic E-state index is 12.0. The van der Waals surface area contributed by atoms with E-state index in [2.05, 4.69) is 78.0 Å². The van der Waals surface area contributed by atoms with Crippen LogP contribution in [0.1, 0.15) is 47.9 Å². The summed E-state index contributed by atoms with van der Waals surface area (Å²) in [4.78, 5) is 25.9. The number of hydrogen-bond acceptors (Lipinski definition) is 3. The molecular formula is C30H34IN3O3. The van der Waals surface area contributed by atoms with Gasteiger partial charge in [0, 0.05) is 42.6 Å². The normalized spacial score (nSPS) is 11.2. The molecule has 37 heavy (non-hydrogen) atoms. The number of benzene rings is 2. The second kappa shape index (κ2) is 13.5. The van der Waals surface area contributed by atoms with Crippen molar-refractivity contribution in [1.29, 1.82) is 0 Å². The summed E-state index contributed by atoms with van der Waals surface area (Å²) in [6.07, 6.45) is 9.47. The first-order valence-electron chi connectivity index (χ1n) is 12.5. The third kappa shape index (κ3) is 6.84. The van der Waals surface area contributed by atoms with Gasteiger partial charge >= 0.3 is 5.69 Å². The highest BCUT2D eigenvalue weighted by Gasteiger charge is 2.37. The number of pyridine rings is 1. The lowest BCUT2D eigenvalue weighted by molar-refractivity contribution is -0.671. The molecule has 0 unspecified atom stereocenters. The van der Waals surface area contributed by atoms with Gasteiger partial charge in [-0.15, -0.1) is 0 Å². The number of aryl methyl sites for hydroxylation is 3. The molecule has 0 bridgehead atoms. The number of halogens is 1. The zero-order valence-corrected chi connectivity index (χ0v) is 23.6. The van der Waals surface area contributed by atoms with Gasteiger partial charge in [-0.05, 0) is 30.9 Å². The number of rotatable bonds is 11. The zero-order chi connectivity index (χ0) is 25.4. The van der Waals surface area contributed by atoms with Crippen LogP contribution in [0.4, 0.5) is 0 Å². The Morgan fingerprint density at radius 3 is 1.95 bits per heavy atom. The Labute approximate surface area is 235 Å². The summed E-state index contributed by atoms with van der Waals surface area (Å²) < 4.78 is 10.4. The van der Waals surface area contributed by atoms with E-state index in [9.17, 15) is 9.59 Å². The number of H-pyrrole nitrogens is 1. The molecule has 194 valence electrons. The highest BCUT2D eigenvalue weighted by Crippen LogP contribution is 2.40. The SMILES string of the molecule is Cc1cn(CCCCCCOC(c2ccccc2)(c2ccccc2)c2cc[n+](C)cc2)c(=O)[nH]c1=O.[I-]. The topological polar surface area (TPSA) is 68.0 Å². The maximum absolute atomic E-state index is 12.0. The molecule has 2 aromatic heterocycles. The molecule has 0 spiro atoms. The second-order valence-electron chi connectivity index (χ2n) is 9.19. The first kappa shape index (κ1) is 28.5. The first-order valence-corrected chi connectivity index (χ1v) is 12.5. The van der Waals surface area contributed by atoms with Crippen LogP contribution in [-0.4, -0.2) is 16.2 Å². The van der Waals surface area contributed by atoms with Gasteiger partial charge < -0.3 is 33.3 Å². The van der Waals surface area contributed by atoms with E-state index in [4.69, 9.17) is 4.74 Å². The first-order chi connectivity index (χ1) is 17.5. The number of hydrogen-bond donors (Lipinski definition) is 1. The summed E-state index contributed by atoms with van der Waals surface area (Å²) >= 11 is 0. The van der Waals surface area contributed by atoms with Crippen molar-refractivity contribution >= 4 is 0 Å². The van der Waals surface area contributed by atoms with Gasteiger partial charge in [0.1, 0.15) is 12.6 Å². The summed E-state index contributed by atoms with van der Waals surface area (Å²) in [7, 11) is 2.01. The summed E-state index contributed by atoms with van der Waals surface area (Å²) in [5.41, 5.74) is 2.45. The van der Waals surface area contributed by atoms with E-state index in [0.717, 1.165) is 42.4 Å². The van der Waals surface area contributed by atoms with Crippen molar-refractivity contribution in [1.82, 2.24) is 9.55 Å². The summed E-state index contributed by atoms with van der Waals surface area (Å²) in [5.74, 6) is 0. The third-order valence-corrected chi connectivity index (χ3v) is 6.55. The van der Waals surface area contributed by atoms with E-state index in [1.165, 1.54) is 0 Å². The van der Waals surface area contributed by atoms with Crippen molar-refractivity contribution in [3.8, 4) is 0 Å². The Morgan fingerprint density at radius 1 is 0.811 bits per heavy atom. The molecule has 0 aliphatic carbocycles. The van der Waals surface area contributed by atoms with Crippen molar-refractivity contribution in [3.63, 3.8) is 0 Å². The standard InChI is InChI=1S/C30H33N3O3.HI/c1-24-23-33(29(35)31-28(24)34)19-11-3-4-12-22-36-30(25-13-7-5-8-14-25,26-15-9-6-10-16-26)27-17-20-32(2)21-18-27;/h5-10,13-18,20-21,23H,3-4,11-12,19,22H2,1-2H3;1H. The van der Waals surface area contributed by atoms with Crippen molar-refractivity contribution in [2.45, 2.75) is 44.8 Å². The average Bonchev–Trinajstić information content (AvgIpc) is 2.90. The van der Waals surface area contributed by atoms with Gasteiger partial charge in [-0.1, -0.05) is 73.5 Å². The monoisotopic (exact) mass is 611 g/mol. The number of unbranched alkanes of at least 4 members (excludes halogenated alkanes) is 3. The van der Waals surface area contributed by atoms with E-state index in [1.807, 2.05) is 23.7 Å². The van der Waals surface area contributed by atoms with Crippen molar-refractivity contribution in [3.05, 3.63) is 134 Å². The molecule has 7 heteroatoms. The fourth-order valence-corrected chi connectivity index (χ4v) is 4.58.